The van der Waals surface area contributed by atoms with Crippen molar-refractivity contribution in [3.63, 3.8) is 0 Å². The van der Waals surface area contributed by atoms with Crippen molar-refractivity contribution in [2.45, 2.75) is 12.8 Å². The van der Waals surface area contributed by atoms with E-state index in [1.807, 2.05) is 26.2 Å². The van der Waals surface area contributed by atoms with E-state index < -0.39 is 0 Å². The molecule has 148 valence electrons. The van der Waals surface area contributed by atoms with Gasteiger partial charge in [-0.15, -0.1) is 20.4 Å². The number of fused-ring (bicyclic) bond motifs is 2. The Morgan fingerprint density at radius 2 is 1.73 bits per heavy atom. The number of benzene rings is 2. The maximum absolute atomic E-state index is 6.37. The quantitative estimate of drug-likeness (QED) is 0.620. The molecule has 0 saturated carbocycles. The van der Waals surface area contributed by atoms with Gasteiger partial charge in [0, 0.05) is 35.1 Å². The van der Waals surface area contributed by atoms with Gasteiger partial charge >= 0.3 is 0 Å². The third-order valence-electron chi connectivity index (χ3n) is 5.64. The molecular formula is C24H22N5O+. The number of hydrogen-bond donors (Lipinski definition) is 0. The Morgan fingerprint density at radius 1 is 0.967 bits per heavy atom. The first-order chi connectivity index (χ1) is 14.6. The zero-order chi connectivity index (χ0) is 20.7. The van der Waals surface area contributed by atoms with Crippen LogP contribution in [0.25, 0.3) is 11.4 Å². The van der Waals surface area contributed by atoms with Crippen LogP contribution in [0.5, 0.6) is 5.75 Å². The average Bonchev–Trinajstić information content (AvgIpc) is 2.77. The molecule has 0 amide bonds. The average molecular weight is 396 g/mol. The first-order valence-electron chi connectivity index (χ1n) is 9.93. The van der Waals surface area contributed by atoms with Gasteiger partial charge in [-0.25, -0.2) is 4.58 Å². The van der Waals surface area contributed by atoms with E-state index in [2.05, 4.69) is 80.5 Å². The fourth-order valence-electron chi connectivity index (χ4n) is 4.09. The van der Waals surface area contributed by atoms with E-state index in [0.717, 1.165) is 22.8 Å². The minimum absolute atomic E-state index is 0.145. The lowest BCUT2D eigenvalue weighted by molar-refractivity contribution is -0.462. The summed E-state index contributed by atoms with van der Waals surface area (Å²) >= 11 is 0. The molecule has 3 aromatic rings. The molecule has 0 fully saturated rings. The summed E-state index contributed by atoms with van der Waals surface area (Å²) in [6, 6.07) is 14.8. The number of allylic oxidation sites excluding steroid dienone is 3. The third kappa shape index (κ3) is 3.20. The van der Waals surface area contributed by atoms with Crippen LogP contribution in [0.3, 0.4) is 0 Å². The number of ether oxygens (including phenoxy) is 1. The van der Waals surface area contributed by atoms with Gasteiger partial charge in [-0.1, -0.05) is 42.5 Å². The Labute approximate surface area is 175 Å². The van der Waals surface area contributed by atoms with Crippen LogP contribution in [0.1, 0.15) is 22.6 Å². The van der Waals surface area contributed by atoms with Crippen molar-refractivity contribution in [3.8, 4) is 17.1 Å². The van der Waals surface area contributed by atoms with Crippen LogP contribution in [0, 0.1) is 12.8 Å². The van der Waals surface area contributed by atoms with Crippen molar-refractivity contribution in [1.29, 1.82) is 0 Å². The van der Waals surface area contributed by atoms with Crippen LogP contribution >= 0.6 is 0 Å². The summed E-state index contributed by atoms with van der Waals surface area (Å²) in [5.74, 6) is 2.75. The van der Waals surface area contributed by atoms with E-state index >= 15 is 0 Å². The molecule has 2 unspecified atom stereocenters. The predicted octanol–water partition coefficient (Wildman–Crippen LogP) is 3.55. The van der Waals surface area contributed by atoms with Gasteiger partial charge in [0.25, 0.3) is 0 Å². The summed E-state index contributed by atoms with van der Waals surface area (Å²) in [7, 11) is 4.09. The Bertz CT molecular complexity index is 1190. The second-order valence-electron chi connectivity index (χ2n) is 7.86. The molecule has 30 heavy (non-hydrogen) atoms. The Kier molecular flexibility index (Phi) is 4.47. The summed E-state index contributed by atoms with van der Waals surface area (Å²) in [6.45, 7) is 2.09. The molecule has 0 spiro atoms. The van der Waals surface area contributed by atoms with Gasteiger partial charge in [0.2, 0.25) is 11.5 Å². The second kappa shape index (κ2) is 7.30. The molecular weight excluding hydrogens is 374 g/mol. The number of aromatic nitrogens is 4. The van der Waals surface area contributed by atoms with Crippen LogP contribution < -0.4 is 4.74 Å². The van der Waals surface area contributed by atoms with Gasteiger partial charge in [0.05, 0.1) is 0 Å². The lowest BCUT2D eigenvalue weighted by Crippen LogP contribution is -2.27. The molecule has 0 N–H and O–H groups in total. The SMILES string of the molecule is Cc1ccc2c(c1)OC1=CC(=[N+](C)C)C=CC1C2c1ccc(-c2nncnn2)cc1. The van der Waals surface area contributed by atoms with Crippen molar-refractivity contribution < 1.29 is 9.31 Å². The highest BCUT2D eigenvalue weighted by atomic mass is 16.5. The second-order valence-corrected chi connectivity index (χ2v) is 7.86. The number of hydrogen-bond acceptors (Lipinski definition) is 5. The van der Waals surface area contributed by atoms with Crippen LogP contribution in [-0.2, 0) is 0 Å². The van der Waals surface area contributed by atoms with Crippen molar-refractivity contribution >= 4 is 5.71 Å². The largest absolute Gasteiger partial charge is 0.460 e. The molecule has 0 bridgehead atoms. The zero-order valence-electron chi connectivity index (χ0n) is 17.1. The van der Waals surface area contributed by atoms with Gasteiger partial charge in [-0.3, -0.25) is 0 Å². The maximum Gasteiger partial charge on any atom is 0.203 e. The zero-order valence-corrected chi connectivity index (χ0v) is 17.1. The van der Waals surface area contributed by atoms with Crippen LogP contribution in [0.4, 0.5) is 0 Å². The fraction of sp³-hybridized carbons (Fsp3) is 0.208. The van der Waals surface area contributed by atoms with Crippen molar-refractivity contribution in [1.82, 2.24) is 20.4 Å². The molecule has 2 atom stereocenters. The van der Waals surface area contributed by atoms with Crippen molar-refractivity contribution in [2.75, 3.05) is 14.1 Å². The van der Waals surface area contributed by atoms with Gasteiger partial charge in [-0.2, -0.15) is 0 Å². The summed E-state index contributed by atoms with van der Waals surface area (Å²) in [4.78, 5) is 0. The number of rotatable bonds is 2. The fourth-order valence-corrected chi connectivity index (χ4v) is 4.09. The summed E-state index contributed by atoms with van der Waals surface area (Å²) < 4.78 is 8.47. The molecule has 5 rings (SSSR count). The standard InChI is InChI=1S/C24H22N5O/c1-15-4-10-19-21(12-15)30-22-13-18(29(2)3)9-11-20(22)23(19)16-5-7-17(8-6-16)24-27-25-14-26-28-24/h4-14,20,23H,1-3H3/q+1. The molecule has 1 aliphatic heterocycles. The highest BCUT2D eigenvalue weighted by molar-refractivity contribution is 6.01. The topological polar surface area (TPSA) is 63.8 Å². The van der Waals surface area contributed by atoms with E-state index in [0.29, 0.717) is 5.82 Å². The predicted molar refractivity (Wildman–Crippen MR) is 115 cm³/mol. The molecule has 0 saturated heterocycles. The van der Waals surface area contributed by atoms with Crippen molar-refractivity contribution in [2.24, 2.45) is 5.92 Å². The normalized spacial score (nSPS) is 19.4. The monoisotopic (exact) mass is 396 g/mol. The van der Waals surface area contributed by atoms with Gasteiger partial charge in [-0.05, 0) is 24.1 Å². The molecule has 2 heterocycles. The summed E-state index contributed by atoms with van der Waals surface area (Å²) in [6.07, 6.45) is 7.90. The minimum atomic E-state index is 0.145. The van der Waals surface area contributed by atoms with E-state index in [4.69, 9.17) is 4.74 Å². The van der Waals surface area contributed by atoms with Gasteiger partial charge < -0.3 is 4.74 Å². The molecule has 2 aliphatic rings. The van der Waals surface area contributed by atoms with Crippen LogP contribution in [0.15, 0.2) is 72.8 Å². The van der Waals surface area contributed by atoms with Gasteiger partial charge in [0.1, 0.15) is 25.6 Å². The van der Waals surface area contributed by atoms with E-state index in [-0.39, 0.29) is 11.8 Å². The first kappa shape index (κ1) is 18.4. The van der Waals surface area contributed by atoms with Crippen LogP contribution in [-0.4, -0.2) is 44.8 Å². The molecule has 1 aromatic heterocycles. The van der Waals surface area contributed by atoms with E-state index in [1.165, 1.54) is 23.0 Å². The first-order valence-corrected chi connectivity index (χ1v) is 9.93. The lowest BCUT2D eigenvalue weighted by Gasteiger charge is -2.35. The lowest BCUT2D eigenvalue weighted by atomic mass is 9.75. The summed E-state index contributed by atoms with van der Waals surface area (Å²) in [5.41, 5.74) is 5.64. The summed E-state index contributed by atoms with van der Waals surface area (Å²) in [5, 5.41) is 15.8. The Morgan fingerprint density at radius 3 is 2.47 bits per heavy atom. The van der Waals surface area contributed by atoms with E-state index in [9.17, 15) is 0 Å². The Balaban J connectivity index is 1.60. The number of aryl methyl sites for hydroxylation is 1. The highest BCUT2D eigenvalue weighted by Gasteiger charge is 2.36. The molecule has 0 radical (unpaired) electrons. The van der Waals surface area contributed by atoms with Gasteiger partial charge in [0.15, 0.2) is 6.33 Å². The molecule has 6 nitrogen and oxygen atoms in total. The number of nitrogens with zero attached hydrogens (tertiary/aromatic N) is 5. The smallest absolute Gasteiger partial charge is 0.203 e. The molecule has 2 aromatic carbocycles. The highest BCUT2D eigenvalue weighted by Crippen LogP contribution is 2.47. The maximum atomic E-state index is 6.37. The molecule has 1 aliphatic carbocycles. The Hall–Kier alpha value is -3.67. The third-order valence-corrected chi connectivity index (χ3v) is 5.64. The van der Waals surface area contributed by atoms with Crippen LogP contribution in [0.2, 0.25) is 0 Å². The van der Waals surface area contributed by atoms with Crippen molar-refractivity contribution in [3.05, 3.63) is 89.5 Å². The minimum Gasteiger partial charge on any atom is -0.460 e. The van der Waals surface area contributed by atoms with E-state index in [1.54, 1.807) is 0 Å². The molecule has 6 heteroatoms.